The summed E-state index contributed by atoms with van der Waals surface area (Å²) in [6, 6.07) is 4.25. The molecule has 1 aromatic carbocycles. The minimum atomic E-state index is 0.272. The van der Waals surface area contributed by atoms with Crippen molar-refractivity contribution in [1.29, 1.82) is 0 Å². The lowest BCUT2D eigenvalue weighted by Crippen LogP contribution is -2.15. The van der Waals surface area contributed by atoms with Crippen molar-refractivity contribution in [2.24, 2.45) is 0 Å². The highest BCUT2D eigenvalue weighted by Gasteiger charge is 2.21. The Morgan fingerprint density at radius 2 is 2.37 bits per heavy atom. The van der Waals surface area contributed by atoms with E-state index in [-0.39, 0.29) is 6.10 Å². The van der Waals surface area contributed by atoms with Crippen molar-refractivity contribution in [3.05, 3.63) is 35.9 Å². The summed E-state index contributed by atoms with van der Waals surface area (Å²) in [5, 5.41) is 3.40. The Labute approximate surface area is 115 Å². The highest BCUT2D eigenvalue weighted by Crippen LogP contribution is 2.35. The van der Waals surface area contributed by atoms with Crippen LogP contribution in [0.5, 0.6) is 11.5 Å². The van der Waals surface area contributed by atoms with E-state index in [9.17, 15) is 0 Å². The SMILES string of the molecule is C=CCCNCc1cc2c(cc1OCC)CC(C)O2. The molecule has 0 spiro atoms. The molecule has 1 aliphatic rings. The van der Waals surface area contributed by atoms with Crippen LogP contribution < -0.4 is 14.8 Å². The first-order valence-corrected chi connectivity index (χ1v) is 7.01. The van der Waals surface area contributed by atoms with Crippen LogP contribution in [0.1, 0.15) is 31.4 Å². The van der Waals surface area contributed by atoms with Crippen molar-refractivity contribution < 1.29 is 9.47 Å². The van der Waals surface area contributed by atoms with E-state index >= 15 is 0 Å². The predicted molar refractivity (Wildman–Crippen MR) is 77.9 cm³/mol. The molecule has 0 saturated carbocycles. The van der Waals surface area contributed by atoms with Crippen molar-refractivity contribution in [3.8, 4) is 11.5 Å². The summed E-state index contributed by atoms with van der Waals surface area (Å²) in [4.78, 5) is 0. The molecule has 0 aromatic heterocycles. The van der Waals surface area contributed by atoms with Crippen LogP contribution in [0, 0.1) is 0 Å². The summed E-state index contributed by atoms with van der Waals surface area (Å²) >= 11 is 0. The first kappa shape index (κ1) is 13.9. The third-order valence-corrected chi connectivity index (χ3v) is 3.22. The topological polar surface area (TPSA) is 30.5 Å². The van der Waals surface area contributed by atoms with Crippen molar-refractivity contribution in [1.82, 2.24) is 5.32 Å². The number of hydrogen-bond donors (Lipinski definition) is 1. The van der Waals surface area contributed by atoms with Crippen molar-refractivity contribution in [2.75, 3.05) is 13.2 Å². The van der Waals surface area contributed by atoms with Crippen LogP contribution in [0.2, 0.25) is 0 Å². The smallest absolute Gasteiger partial charge is 0.124 e. The molecule has 0 radical (unpaired) electrons. The second kappa shape index (κ2) is 6.62. The molecule has 2 rings (SSSR count). The summed E-state index contributed by atoms with van der Waals surface area (Å²) in [6.45, 7) is 10.3. The van der Waals surface area contributed by atoms with Gasteiger partial charge in [0, 0.05) is 24.1 Å². The zero-order chi connectivity index (χ0) is 13.7. The van der Waals surface area contributed by atoms with Crippen LogP contribution >= 0.6 is 0 Å². The minimum Gasteiger partial charge on any atom is -0.494 e. The van der Waals surface area contributed by atoms with Gasteiger partial charge in [0.1, 0.15) is 17.6 Å². The molecule has 1 unspecified atom stereocenters. The van der Waals surface area contributed by atoms with Gasteiger partial charge in [0.25, 0.3) is 0 Å². The van der Waals surface area contributed by atoms with Crippen molar-refractivity contribution >= 4 is 0 Å². The summed E-state index contributed by atoms with van der Waals surface area (Å²) in [5.41, 5.74) is 2.42. The molecule has 1 N–H and O–H groups in total. The molecule has 0 aliphatic carbocycles. The highest BCUT2D eigenvalue weighted by atomic mass is 16.5. The van der Waals surface area contributed by atoms with Crippen LogP contribution in [0.4, 0.5) is 0 Å². The Balaban J connectivity index is 2.11. The third kappa shape index (κ3) is 3.51. The zero-order valence-corrected chi connectivity index (χ0v) is 11.9. The average molecular weight is 261 g/mol. The van der Waals surface area contributed by atoms with Crippen LogP contribution in [0.25, 0.3) is 0 Å². The molecular formula is C16H23NO2. The molecule has 0 fully saturated rings. The van der Waals surface area contributed by atoms with E-state index < -0.39 is 0 Å². The van der Waals surface area contributed by atoms with Crippen molar-refractivity contribution in [3.63, 3.8) is 0 Å². The standard InChI is InChI=1S/C16H23NO2/c1-4-6-7-17-11-14-10-16-13(8-12(3)19-16)9-15(14)18-5-2/h4,9-10,12,17H,1,5-8,11H2,2-3H3. The molecule has 0 bridgehead atoms. The van der Waals surface area contributed by atoms with E-state index in [1.807, 2.05) is 13.0 Å². The van der Waals surface area contributed by atoms with Gasteiger partial charge in [0.2, 0.25) is 0 Å². The number of nitrogens with one attached hydrogen (secondary N) is 1. The van der Waals surface area contributed by atoms with Crippen LogP contribution in [-0.2, 0) is 13.0 Å². The van der Waals surface area contributed by atoms with Crippen LogP contribution in [0.3, 0.4) is 0 Å². The fraction of sp³-hybridized carbons (Fsp3) is 0.500. The molecule has 19 heavy (non-hydrogen) atoms. The lowest BCUT2D eigenvalue weighted by atomic mass is 10.1. The van der Waals surface area contributed by atoms with Gasteiger partial charge in [-0.05, 0) is 38.9 Å². The second-order valence-corrected chi connectivity index (χ2v) is 4.89. The van der Waals surface area contributed by atoms with Gasteiger partial charge in [0.15, 0.2) is 0 Å². The lowest BCUT2D eigenvalue weighted by Gasteiger charge is -2.13. The maximum absolute atomic E-state index is 5.81. The normalized spacial score (nSPS) is 16.8. The van der Waals surface area contributed by atoms with Crippen LogP contribution in [0.15, 0.2) is 24.8 Å². The number of ether oxygens (including phenoxy) is 2. The van der Waals surface area contributed by atoms with Crippen LogP contribution in [-0.4, -0.2) is 19.3 Å². The molecule has 1 atom stereocenters. The predicted octanol–water partition coefficient (Wildman–Crippen LogP) is 3.07. The van der Waals surface area contributed by atoms with Gasteiger partial charge in [-0.15, -0.1) is 6.58 Å². The monoisotopic (exact) mass is 261 g/mol. The van der Waals surface area contributed by atoms with Gasteiger partial charge in [0.05, 0.1) is 6.61 Å². The minimum absolute atomic E-state index is 0.272. The first-order valence-electron chi connectivity index (χ1n) is 7.01. The van der Waals surface area contributed by atoms with Gasteiger partial charge in [-0.2, -0.15) is 0 Å². The summed E-state index contributed by atoms with van der Waals surface area (Å²) in [7, 11) is 0. The molecule has 3 heteroatoms. The second-order valence-electron chi connectivity index (χ2n) is 4.89. The van der Waals surface area contributed by atoms with E-state index in [0.717, 1.165) is 37.4 Å². The van der Waals surface area contributed by atoms with E-state index in [0.29, 0.717) is 6.61 Å². The third-order valence-electron chi connectivity index (χ3n) is 3.22. The maximum atomic E-state index is 5.81. The number of fused-ring (bicyclic) bond motifs is 1. The molecule has 1 heterocycles. The lowest BCUT2D eigenvalue weighted by molar-refractivity contribution is 0.254. The molecule has 0 amide bonds. The van der Waals surface area contributed by atoms with Crippen molar-refractivity contribution in [2.45, 2.75) is 39.3 Å². The summed E-state index contributed by atoms with van der Waals surface area (Å²) in [6.07, 6.45) is 4.14. The Bertz CT molecular complexity index is 443. The number of rotatable bonds is 7. The quantitative estimate of drug-likeness (QED) is 0.604. The number of hydrogen-bond acceptors (Lipinski definition) is 3. The molecular weight excluding hydrogens is 238 g/mol. The molecule has 1 aromatic rings. The summed E-state index contributed by atoms with van der Waals surface area (Å²) < 4.78 is 11.5. The van der Waals surface area contributed by atoms with Gasteiger partial charge in [-0.1, -0.05) is 6.08 Å². The van der Waals surface area contributed by atoms with Gasteiger partial charge >= 0.3 is 0 Å². The average Bonchev–Trinajstić information content (AvgIpc) is 2.74. The molecule has 104 valence electrons. The molecule has 1 aliphatic heterocycles. The fourth-order valence-corrected chi connectivity index (χ4v) is 2.34. The Morgan fingerprint density at radius 3 is 3.11 bits per heavy atom. The Morgan fingerprint density at radius 1 is 1.53 bits per heavy atom. The Kier molecular flexibility index (Phi) is 4.86. The van der Waals surface area contributed by atoms with Gasteiger partial charge in [-0.25, -0.2) is 0 Å². The highest BCUT2D eigenvalue weighted by molar-refractivity contribution is 5.48. The Hall–Kier alpha value is -1.48. The van der Waals surface area contributed by atoms with Gasteiger partial charge in [-0.3, -0.25) is 0 Å². The van der Waals surface area contributed by atoms with E-state index in [1.165, 1.54) is 11.1 Å². The number of benzene rings is 1. The van der Waals surface area contributed by atoms with E-state index in [2.05, 4.69) is 31.0 Å². The molecule has 3 nitrogen and oxygen atoms in total. The summed E-state index contributed by atoms with van der Waals surface area (Å²) in [5.74, 6) is 1.99. The first-order chi connectivity index (χ1) is 9.24. The fourth-order valence-electron chi connectivity index (χ4n) is 2.34. The largest absolute Gasteiger partial charge is 0.494 e. The van der Waals surface area contributed by atoms with E-state index in [1.54, 1.807) is 0 Å². The van der Waals surface area contributed by atoms with E-state index in [4.69, 9.17) is 9.47 Å². The zero-order valence-electron chi connectivity index (χ0n) is 11.9. The maximum Gasteiger partial charge on any atom is 0.124 e. The molecule has 0 saturated heterocycles. The van der Waals surface area contributed by atoms with Gasteiger partial charge < -0.3 is 14.8 Å².